The van der Waals surface area contributed by atoms with Gasteiger partial charge in [0.25, 0.3) is 0 Å². The van der Waals surface area contributed by atoms with Gasteiger partial charge in [-0.2, -0.15) is 8.78 Å². The lowest BCUT2D eigenvalue weighted by molar-refractivity contribution is -0.0914. The van der Waals surface area contributed by atoms with Crippen LogP contribution in [0.2, 0.25) is 0 Å². The van der Waals surface area contributed by atoms with Crippen LogP contribution in [0, 0.1) is 0 Å². The highest BCUT2D eigenvalue weighted by Gasteiger charge is 2.57. The molecular weight excluding hydrogens is 240 g/mol. The molecule has 1 fully saturated rings. The SMILES string of the molecule is OC1C2=CC(Oc3cccnc3)=C=C=C2C1(F)F. The lowest BCUT2D eigenvalue weighted by atomic mass is 9.77. The predicted molar refractivity (Wildman–Crippen MR) is 58.0 cm³/mol. The molecule has 0 aliphatic heterocycles. The maximum atomic E-state index is 13.1. The second-order valence-corrected chi connectivity index (χ2v) is 3.91. The van der Waals surface area contributed by atoms with Crippen LogP contribution < -0.4 is 4.74 Å². The van der Waals surface area contributed by atoms with E-state index in [1.165, 1.54) is 12.3 Å². The topological polar surface area (TPSA) is 42.4 Å². The number of allylic oxidation sites excluding steroid dienone is 1. The zero-order valence-corrected chi connectivity index (χ0v) is 9.02. The van der Waals surface area contributed by atoms with E-state index in [-0.39, 0.29) is 16.9 Å². The number of aromatic nitrogens is 1. The molecule has 1 saturated carbocycles. The number of alkyl halides is 2. The summed E-state index contributed by atoms with van der Waals surface area (Å²) in [6.45, 7) is 0. The third-order valence-electron chi connectivity index (χ3n) is 2.72. The van der Waals surface area contributed by atoms with Crippen molar-refractivity contribution in [3.63, 3.8) is 0 Å². The minimum absolute atomic E-state index is 0.123. The van der Waals surface area contributed by atoms with Gasteiger partial charge in [0.15, 0.2) is 5.76 Å². The van der Waals surface area contributed by atoms with Crippen LogP contribution in [-0.4, -0.2) is 22.1 Å². The Morgan fingerprint density at radius 3 is 2.94 bits per heavy atom. The van der Waals surface area contributed by atoms with Crippen molar-refractivity contribution in [3.8, 4) is 5.75 Å². The first-order chi connectivity index (χ1) is 8.59. The van der Waals surface area contributed by atoms with Crippen LogP contribution in [0.4, 0.5) is 8.78 Å². The van der Waals surface area contributed by atoms with E-state index >= 15 is 0 Å². The molecule has 90 valence electrons. The van der Waals surface area contributed by atoms with Gasteiger partial charge in [0.2, 0.25) is 0 Å². The first-order valence-corrected chi connectivity index (χ1v) is 5.21. The Hall–Kier alpha value is -2.19. The van der Waals surface area contributed by atoms with Gasteiger partial charge in [-0.05, 0) is 23.9 Å². The highest BCUT2D eigenvalue weighted by atomic mass is 19.3. The Balaban J connectivity index is 1.94. The number of rotatable bonds is 2. The first kappa shape index (κ1) is 10.9. The molecular formula is C13H7F2NO2. The molecule has 3 nitrogen and oxygen atoms in total. The first-order valence-electron chi connectivity index (χ1n) is 5.21. The highest BCUT2D eigenvalue weighted by Crippen LogP contribution is 2.48. The van der Waals surface area contributed by atoms with Gasteiger partial charge in [-0.3, -0.25) is 4.98 Å². The fraction of sp³-hybridized carbons (Fsp3) is 0.154. The lowest BCUT2D eigenvalue weighted by Crippen LogP contribution is -2.49. The average Bonchev–Trinajstić information content (AvgIpc) is 2.39. The Morgan fingerprint density at radius 2 is 2.22 bits per heavy atom. The molecule has 1 atom stereocenters. The van der Waals surface area contributed by atoms with E-state index in [4.69, 9.17) is 4.74 Å². The summed E-state index contributed by atoms with van der Waals surface area (Å²) >= 11 is 0. The molecule has 2 aliphatic carbocycles. The molecule has 1 aromatic heterocycles. The quantitative estimate of drug-likeness (QED) is 0.812. The lowest BCUT2D eigenvalue weighted by Gasteiger charge is -2.37. The van der Waals surface area contributed by atoms with Crippen molar-refractivity contribution < 1.29 is 18.6 Å². The van der Waals surface area contributed by atoms with Gasteiger partial charge in [-0.1, -0.05) is 5.73 Å². The third kappa shape index (κ3) is 1.50. The van der Waals surface area contributed by atoms with E-state index in [0.717, 1.165) is 0 Å². The molecule has 1 heterocycles. The molecule has 0 bridgehead atoms. The van der Waals surface area contributed by atoms with Crippen LogP contribution in [0.1, 0.15) is 0 Å². The van der Waals surface area contributed by atoms with Gasteiger partial charge >= 0.3 is 5.92 Å². The van der Waals surface area contributed by atoms with Crippen LogP contribution in [0.15, 0.2) is 59.0 Å². The maximum absolute atomic E-state index is 13.1. The molecule has 0 radical (unpaired) electrons. The Morgan fingerprint density at radius 1 is 1.39 bits per heavy atom. The number of aliphatic hydroxyl groups excluding tert-OH is 1. The normalized spacial score (nSPS) is 23.3. The van der Waals surface area contributed by atoms with Crippen molar-refractivity contribution in [1.29, 1.82) is 0 Å². The number of hydrogen-bond donors (Lipinski definition) is 1. The second-order valence-electron chi connectivity index (χ2n) is 3.91. The maximum Gasteiger partial charge on any atom is 0.310 e. The average molecular weight is 247 g/mol. The molecule has 2 aliphatic rings. The van der Waals surface area contributed by atoms with Crippen LogP contribution in [-0.2, 0) is 0 Å². The number of nitrogens with zero attached hydrogens (tertiary/aromatic N) is 1. The summed E-state index contributed by atoms with van der Waals surface area (Å²) in [6, 6.07) is 3.36. The molecule has 1 aromatic rings. The zero-order chi connectivity index (χ0) is 12.8. The smallest absolute Gasteiger partial charge is 0.310 e. The number of hydrogen-bond acceptors (Lipinski definition) is 3. The molecule has 5 heteroatoms. The van der Waals surface area contributed by atoms with E-state index in [2.05, 4.69) is 16.4 Å². The minimum atomic E-state index is -3.24. The van der Waals surface area contributed by atoms with Crippen molar-refractivity contribution >= 4 is 0 Å². The largest absolute Gasteiger partial charge is 0.447 e. The molecule has 0 aromatic carbocycles. The summed E-state index contributed by atoms with van der Waals surface area (Å²) < 4.78 is 31.6. The van der Waals surface area contributed by atoms with Crippen LogP contribution in [0.25, 0.3) is 0 Å². The summed E-state index contributed by atoms with van der Waals surface area (Å²) in [5.74, 6) is -2.56. The van der Waals surface area contributed by atoms with Crippen LogP contribution in [0.3, 0.4) is 0 Å². The van der Waals surface area contributed by atoms with Crippen molar-refractivity contribution in [3.05, 3.63) is 59.0 Å². The molecule has 1 N–H and O–H groups in total. The van der Waals surface area contributed by atoms with Crippen molar-refractivity contribution in [1.82, 2.24) is 4.98 Å². The van der Waals surface area contributed by atoms with E-state index in [0.29, 0.717) is 5.75 Å². The summed E-state index contributed by atoms with van der Waals surface area (Å²) in [4.78, 5) is 3.85. The zero-order valence-electron chi connectivity index (χ0n) is 9.02. The van der Waals surface area contributed by atoms with E-state index in [1.807, 2.05) is 0 Å². The van der Waals surface area contributed by atoms with Crippen LogP contribution in [0.5, 0.6) is 5.75 Å². The van der Waals surface area contributed by atoms with Gasteiger partial charge in [-0.25, -0.2) is 0 Å². The monoisotopic (exact) mass is 247 g/mol. The van der Waals surface area contributed by atoms with Crippen LogP contribution >= 0.6 is 0 Å². The summed E-state index contributed by atoms with van der Waals surface area (Å²) in [7, 11) is 0. The van der Waals surface area contributed by atoms with Gasteiger partial charge in [0.1, 0.15) is 11.9 Å². The molecule has 18 heavy (non-hydrogen) atoms. The van der Waals surface area contributed by atoms with Crippen molar-refractivity contribution in [2.24, 2.45) is 0 Å². The third-order valence-corrected chi connectivity index (χ3v) is 2.72. The number of ether oxygens (including phenoxy) is 1. The van der Waals surface area contributed by atoms with Crippen molar-refractivity contribution in [2.75, 3.05) is 0 Å². The fourth-order valence-electron chi connectivity index (χ4n) is 1.78. The molecule has 0 amide bonds. The summed E-state index contributed by atoms with van der Waals surface area (Å²) in [5, 5.41) is 9.27. The number of halogens is 2. The van der Waals surface area contributed by atoms with Gasteiger partial charge in [0.05, 0.1) is 11.8 Å². The number of fused-ring (bicyclic) bond motifs is 1. The summed E-state index contributed by atoms with van der Waals surface area (Å²) in [6.07, 6.45) is 2.61. The van der Waals surface area contributed by atoms with Gasteiger partial charge in [-0.15, -0.1) is 0 Å². The minimum Gasteiger partial charge on any atom is -0.447 e. The number of pyridine rings is 1. The molecule has 3 rings (SSSR count). The van der Waals surface area contributed by atoms with Crippen molar-refractivity contribution in [2.45, 2.75) is 12.0 Å². The van der Waals surface area contributed by atoms with E-state index in [9.17, 15) is 13.9 Å². The predicted octanol–water partition coefficient (Wildman–Crippen LogP) is 1.97. The van der Waals surface area contributed by atoms with Gasteiger partial charge in [0, 0.05) is 11.8 Å². The molecule has 1 unspecified atom stereocenters. The molecule has 0 spiro atoms. The number of aliphatic hydroxyl groups is 1. The van der Waals surface area contributed by atoms with E-state index in [1.54, 1.807) is 18.3 Å². The fourth-order valence-corrected chi connectivity index (χ4v) is 1.78. The Labute approximate surface area is 101 Å². The van der Waals surface area contributed by atoms with Gasteiger partial charge < -0.3 is 9.84 Å². The summed E-state index contributed by atoms with van der Waals surface area (Å²) in [5.41, 5.74) is 4.60. The van der Waals surface area contributed by atoms with E-state index < -0.39 is 12.0 Å². The molecule has 0 saturated heterocycles. The standard InChI is InChI=1S/C13H7F2NO2/c14-13(15)11-4-3-8(6-10(11)12(13)17)18-9-2-1-5-16-7-9/h1-2,5-7,12,17H. The highest BCUT2D eigenvalue weighted by molar-refractivity contribution is 5.56. The second kappa shape index (κ2) is 3.65. The Bertz CT molecular complexity index is 636. The Kier molecular flexibility index (Phi) is 2.22.